The van der Waals surface area contributed by atoms with Crippen LogP contribution in [0.15, 0.2) is 18.2 Å². The highest BCUT2D eigenvalue weighted by Gasteiger charge is 2.01. The fourth-order valence-electron chi connectivity index (χ4n) is 1.21. The summed E-state index contributed by atoms with van der Waals surface area (Å²) in [6.45, 7) is 1.13. The van der Waals surface area contributed by atoms with Crippen molar-refractivity contribution in [3.05, 3.63) is 29.6 Å². The first-order valence-electron chi connectivity index (χ1n) is 5.24. The van der Waals surface area contributed by atoms with Crippen LogP contribution < -0.4 is 4.74 Å². The Labute approximate surface area is 106 Å². The Hall–Kier alpha value is -1.24. The highest BCUT2D eigenvalue weighted by Crippen LogP contribution is 2.16. The van der Waals surface area contributed by atoms with Gasteiger partial charge in [0.05, 0.1) is 18.1 Å². The Morgan fingerprint density at radius 2 is 2.18 bits per heavy atom. The minimum absolute atomic E-state index is 0.189. The lowest BCUT2D eigenvalue weighted by Crippen LogP contribution is -2.01. The number of benzene rings is 1. The first-order chi connectivity index (χ1) is 8.27. The molecule has 2 nitrogen and oxygen atoms in total. The van der Waals surface area contributed by atoms with Gasteiger partial charge in [-0.3, -0.25) is 0 Å². The molecular formula is C13H14ClFO2. The lowest BCUT2D eigenvalue weighted by atomic mass is 10.2. The van der Waals surface area contributed by atoms with Gasteiger partial charge in [0.1, 0.15) is 11.6 Å². The minimum Gasteiger partial charge on any atom is -0.493 e. The van der Waals surface area contributed by atoms with Gasteiger partial charge in [0.15, 0.2) is 0 Å². The van der Waals surface area contributed by atoms with Crippen LogP contribution in [0.25, 0.3) is 0 Å². The Morgan fingerprint density at radius 3 is 2.82 bits per heavy atom. The lowest BCUT2D eigenvalue weighted by molar-refractivity contribution is 0.172. The number of halogens is 2. The van der Waals surface area contributed by atoms with E-state index in [-0.39, 0.29) is 5.88 Å². The van der Waals surface area contributed by atoms with E-state index in [1.54, 1.807) is 19.2 Å². The fraction of sp³-hybridized carbons (Fsp3) is 0.385. The van der Waals surface area contributed by atoms with Gasteiger partial charge >= 0.3 is 0 Å². The highest BCUT2D eigenvalue weighted by atomic mass is 35.5. The molecule has 0 saturated heterocycles. The molecule has 0 amide bonds. The van der Waals surface area contributed by atoms with E-state index in [0.29, 0.717) is 24.5 Å². The summed E-state index contributed by atoms with van der Waals surface area (Å²) in [7, 11) is 1.63. The van der Waals surface area contributed by atoms with Crippen LogP contribution in [0.3, 0.4) is 0 Å². The van der Waals surface area contributed by atoms with Crippen molar-refractivity contribution in [2.75, 3.05) is 26.2 Å². The number of ether oxygens (including phenoxy) is 2. The molecule has 0 spiro atoms. The molecule has 92 valence electrons. The van der Waals surface area contributed by atoms with Crippen molar-refractivity contribution < 1.29 is 13.9 Å². The number of rotatable bonds is 5. The normalized spacial score (nSPS) is 9.59. The number of hydrogen-bond acceptors (Lipinski definition) is 2. The van der Waals surface area contributed by atoms with Crippen molar-refractivity contribution in [1.29, 1.82) is 0 Å². The zero-order chi connectivity index (χ0) is 12.5. The molecule has 1 rings (SSSR count). The van der Waals surface area contributed by atoms with Crippen LogP contribution in [0.2, 0.25) is 0 Å². The van der Waals surface area contributed by atoms with E-state index < -0.39 is 5.82 Å². The Bertz CT molecular complexity index is 410. The average molecular weight is 257 g/mol. The maximum Gasteiger partial charge on any atom is 0.142 e. The highest BCUT2D eigenvalue weighted by molar-refractivity contribution is 6.19. The maximum atomic E-state index is 13.5. The number of alkyl halides is 1. The molecule has 0 heterocycles. The van der Waals surface area contributed by atoms with Gasteiger partial charge < -0.3 is 9.47 Å². The summed E-state index contributed by atoms with van der Waals surface area (Å²) in [6, 6.07) is 4.60. The molecule has 0 unspecified atom stereocenters. The van der Waals surface area contributed by atoms with Gasteiger partial charge in [-0.25, -0.2) is 4.39 Å². The SMILES string of the molecule is COCCCOc1ccc(C#CCCl)c(F)c1. The van der Waals surface area contributed by atoms with Crippen LogP contribution in [0.4, 0.5) is 4.39 Å². The Morgan fingerprint density at radius 1 is 1.35 bits per heavy atom. The van der Waals surface area contributed by atoms with E-state index in [4.69, 9.17) is 21.1 Å². The van der Waals surface area contributed by atoms with Gasteiger partial charge in [-0.1, -0.05) is 11.8 Å². The van der Waals surface area contributed by atoms with E-state index in [1.165, 1.54) is 6.07 Å². The molecule has 0 aliphatic heterocycles. The summed E-state index contributed by atoms with van der Waals surface area (Å²) in [5.41, 5.74) is 0.329. The zero-order valence-corrected chi connectivity index (χ0v) is 10.4. The summed E-state index contributed by atoms with van der Waals surface area (Å²) in [4.78, 5) is 0. The second-order valence-electron chi connectivity index (χ2n) is 3.27. The van der Waals surface area contributed by atoms with Crippen molar-refractivity contribution in [1.82, 2.24) is 0 Å². The average Bonchev–Trinajstić information content (AvgIpc) is 2.34. The Kier molecular flexibility index (Phi) is 6.46. The molecule has 0 aliphatic rings. The van der Waals surface area contributed by atoms with E-state index in [1.807, 2.05) is 0 Å². The molecular weight excluding hydrogens is 243 g/mol. The van der Waals surface area contributed by atoms with Crippen LogP contribution in [-0.4, -0.2) is 26.2 Å². The van der Waals surface area contributed by atoms with E-state index >= 15 is 0 Å². The molecule has 4 heteroatoms. The number of hydrogen-bond donors (Lipinski definition) is 0. The first kappa shape index (κ1) is 13.8. The van der Waals surface area contributed by atoms with Crippen LogP contribution in [0.5, 0.6) is 5.75 Å². The summed E-state index contributed by atoms with van der Waals surface area (Å²) in [5.74, 6) is 5.52. The minimum atomic E-state index is -0.396. The van der Waals surface area contributed by atoms with Gasteiger partial charge in [-0.15, -0.1) is 11.6 Å². The van der Waals surface area contributed by atoms with Crippen molar-refractivity contribution >= 4 is 11.6 Å². The number of methoxy groups -OCH3 is 1. The van der Waals surface area contributed by atoms with E-state index in [0.717, 1.165) is 6.42 Å². The molecule has 0 bridgehead atoms. The maximum absolute atomic E-state index is 13.5. The second kappa shape index (κ2) is 7.94. The topological polar surface area (TPSA) is 18.5 Å². The zero-order valence-electron chi connectivity index (χ0n) is 9.63. The van der Waals surface area contributed by atoms with E-state index in [2.05, 4.69) is 11.8 Å². The predicted molar refractivity (Wildman–Crippen MR) is 66.0 cm³/mol. The largest absolute Gasteiger partial charge is 0.493 e. The van der Waals surface area contributed by atoms with Gasteiger partial charge in [-0.05, 0) is 12.1 Å². The van der Waals surface area contributed by atoms with Gasteiger partial charge in [0.25, 0.3) is 0 Å². The predicted octanol–water partition coefficient (Wildman–Crippen LogP) is 2.83. The lowest BCUT2D eigenvalue weighted by Gasteiger charge is -2.06. The first-order valence-corrected chi connectivity index (χ1v) is 5.77. The Balaban J connectivity index is 2.56. The smallest absolute Gasteiger partial charge is 0.142 e. The van der Waals surface area contributed by atoms with Crippen molar-refractivity contribution in [3.8, 4) is 17.6 Å². The molecule has 0 N–H and O–H groups in total. The van der Waals surface area contributed by atoms with Crippen molar-refractivity contribution in [2.24, 2.45) is 0 Å². The third-order valence-corrected chi connectivity index (χ3v) is 2.13. The molecule has 1 aromatic carbocycles. The van der Waals surface area contributed by atoms with Gasteiger partial charge in [-0.2, -0.15) is 0 Å². The van der Waals surface area contributed by atoms with E-state index in [9.17, 15) is 4.39 Å². The third-order valence-electron chi connectivity index (χ3n) is 1.99. The summed E-state index contributed by atoms with van der Waals surface area (Å²) < 4.78 is 23.7. The van der Waals surface area contributed by atoms with Crippen LogP contribution in [0.1, 0.15) is 12.0 Å². The molecule has 0 atom stereocenters. The van der Waals surface area contributed by atoms with Crippen LogP contribution in [-0.2, 0) is 4.74 Å². The summed E-state index contributed by atoms with van der Waals surface area (Å²) in [6.07, 6.45) is 0.770. The van der Waals surface area contributed by atoms with Crippen LogP contribution >= 0.6 is 11.6 Å². The van der Waals surface area contributed by atoms with Gasteiger partial charge in [0, 0.05) is 26.2 Å². The van der Waals surface area contributed by atoms with Gasteiger partial charge in [0.2, 0.25) is 0 Å². The molecule has 0 saturated carbocycles. The summed E-state index contributed by atoms with van der Waals surface area (Å²) >= 11 is 5.40. The fourth-order valence-corrected chi connectivity index (χ4v) is 1.28. The standard InChI is InChI=1S/C13H14ClFO2/c1-16-8-3-9-17-12-6-5-11(4-2-7-14)13(15)10-12/h5-6,10H,3,7-9H2,1H3. The van der Waals surface area contributed by atoms with Crippen LogP contribution in [0, 0.1) is 17.7 Å². The molecule has 0 fully saturated rings. The quantitative estimate of drug-likeness (QED) is 0.458. The molecule has 0 radical (unpaired) electrons. The van der Waals surface area contributed by atoms with Crippen molar-refractivity contribution in [2.45, 2.75) is 6.42 Å². The molecule has 1 aromatic rings. The monoisotopic (exact) mass is 256 g/mol. The third kappa shape index (κ3) is 5.08. The van der Waals surface area contributed by atoms with Crippen molar-refractivity contribution in [3.63, 3.8) is 0 Å². The molecule has 0 aliphatic carbocycles. The summed E-state index contributed by atoms with van der Waals surface area (Å²) in [5, 5.41) is 0. The second-order valence-corrected chi connectivity index (χ2v) is 3.54. The molecule has 17 heavy (non-hydrogen) atoms. The molecule has 0 aromatic heterocycles.